The molecule has 0 aromatic carbocycles. The molecule has 0 saturated carbocycles. The molecule has 0 aliphatic heterocycles. The number of carbonyl (C=O) groups is 4. The molecule has 12 nitrogen and oxygen atoms in total. The molecule has 0 spiro atoms. The molecule has 0 N–H and O–H groups in total. The molecule has 0 amide bonds. The van der Waals surface area contributed by atoms with Crippen molar-refractivity contribution in [1.82, 2.24) is 0 Å². The number of carbonyl (C=O) groups excluding carboxylic acids is 4. The summed E-state index contributed by atoms with van der Waals surface area (Å²) in [5, 5.41) is 66.7. The molecule has 0 aliphatic rings. The van der Waals surface area contributed by atoms with Crippen LogP contribution in [-0.4, -0.2) is 108 Å². The fourth-order valence-electron chi connectivity index (χ4n) is 0. The Hall–Kier alpha value is 1.92. The van der Waals surface area contributed by atoms with E-state index in [9.17, 15) is 0 Å². The van der Waals surface area contributed by atoms with Crippen LogP contribution in [0, 0.1) is 0 Å². The van der Waals surface area contributed by atoms with E-state index in [0.717, 1.165) is 0 Å². The van der Waals surface area contributed by atoms with Gasteiger partial charge in [-0.1, -0.05) is 0 Å². The van der Waals surface area contributed by atoms with Crippen molar-refractivity contribution >= 4 is 108 Å². The third-order valence-corrected chi connectivity index (χ3v) is 0. The second-order valence-corrected chi connectivity index (χ2v) is 1.00. The van der Waals surface area contributed by atoms with Crippen molar-refractivity contribution in [2.45, 2.75) is 0 Å². The summed E-state index contributed by atoms with van der Waals surface area (Å²) in [4.78, 5) is 33.3. The smallest absolute Gasteiger partial charge is 0.652 e. The average Bonchev–Trinajstić information content (AvgIpc) is 1.76. The first-order valence-corrected chi connectivity index (χ1v) is 2.45. The van der Waals surface area contributed by atoms with Gasteiger partial charge in [0.05, 0.1) is 0 Å². The van der Waals surface area contributed by atoms with Crippen LogP contribution in [0.25, 0.3) is 0 Å². The van der Waals surface area contributed by atoms with Crippen molar-refractivity contribution in [3.63, 3.8) is 0 Å². The predicted octanol–water partition coefficient (Wildman–Crippen LogP) is -13.5. The Bertz CT molecular complexity index is 175. The van der Waals surface area contributed by atoms with Gasteiger partial charge in [0.25, 0.3) is 0 Å². The normalized spacial score (nSPS) is 4.80. The molecule has 0 heterocycles. The van der Waals surface area contributed by atoms with Crippen LogP contribution in [0.4, 0.5) is 19.2 Å². The Morgan fingerprint density at radius 2 is 0.500 bits per heavy atom. The van der Waals surface area contributed by atoms with Gasteiger partial charge in [0, 0.05) is 0 Å². The topological polar surface area (TPSA) is 253 Å². The summed E-state index contributed by atoms with van der Waals surface area (Å²) < 4.78 is 0. The number of carboxylic acid groups (broad SMARTS) is 8. The molecule has 0 atom stereocenters. The SMILES string of the molecule is O=C([O-])[O-].O=C([O-])[O-].O=C([O-])[O-].O=C([O-])[O-].[Ca+2].[Na+].[Sr+2].[Y+3]. The minimum atomic E-state index is -2.33. The minimum absolute atomic E-state index is 0. The fourth-order valence-corrected chi connectivity index (χ4v) is 0. The molecule has 0 unspecified atom stereocenters. The second kappa shape index (κ2) is 42.8. The largest absolute Gasteiger partial charge is 3.00 e. The van der Waals surface area contributed by atoms with Crippen LogP contribution >= 0.6 is 0 Å². The van der Waals surface area contributed by atoms with Crippen molar-refractivity contribution in [3.8, 4) is 0 Å². The van der Waals surface area contributed by atoms with Gasteiger partial charge >= 0.3 is 145 Å². The summed E-state index contributed by atoms with van der Waals surface area (Å²) in [6, 6.07) is 0. The Kier molecular flexibility index (Phi) is 106. The molecule has 0 fully saturated rings. The van der Waals surface area contributed by atoms with E-state index in [0.29, 0.717) is 0 Å². The van der Waals surface area contributed by atoms with Crippen LogP contribution in [-0.2, 0) is 32.7 Å². The maximum atomic E-state index is 8.33. The van der Waals surface area contributed by atoms with Crippen LogP contribution in [0.2, 0.25) is 0 Å². The van der Waals surface area contributed by atoms with Gasteiger partial charge in [-0.3, -0.25) is 0 Å². The zero-order chi connectivity index (χ0) is 14.3. The summed E-state index contributed by atoms with van der Waals surface area (Å²) in [7, 11) is 0. The van der Waals surface area contributed by atoms with Gasteiger partial charge in [0.1, 0.15) is 0 Å². The van der Waals surface area contributed by atoms with Gasteiger partial charge in [0.15, 0.2) is 0 Å². The molecule has 0 aromatic heterocycles. The molecule has 0 rings (SSSR count). The molecule has 0 saturated heterocycles. The number of hydrogen-bond donors (Lipinski definition) is 0. The molecular weight excluding hydrogens is 480 g/mol. The molecule has 20 heavy (non-hydrogen) atoms. The standard InChI is InChI=1S/4CH2O3.Ca.Na.Sr.Y/c4*2-1(3)4;;;;/h4*(H2,2,3,4);;;;/q;;;;+2;+1;+2;+3/p-8. The molecular formula is C4CaNaO12SrY. The summed E-state index contributed by atoms with van der Waals surface area (Å²) in [5.74, 6) is 0. The van der Waals surface area contributed by atoms with E-state index in [4.69, 9.17) is 60.0 Å². The van der Waals surface area contributed by atoms with Crippen molar-refractivity contribution in [2.24, 2.45) is 0 Å². The Labute approximate surface area is 225 Å². The molecule has 0 bridgehead atoms. The van der Waals surface area contributed by atoms with Crippen LogP contribution in [0.5, 0.6) is 0 Å². The maximum Gasteiger partial charge on any atom is 3.00 e. The van der Waals surface area contributed by atoms with E-state index < -0.39 is 24.6 Å². The average molecular weight is 480 g/mol. The Morgan fingerprint density at radius 1 is 0.500 bits per heavy atom. The van der Waals surface area contributed by atoms with E-state index in [1.165, 1.54) is 0 Å². The first kappa shape index (κ1) is 49.5. The molecule has 96 valence electrons. The molecule has 16 heteroatoms. The number of rotatable bonds is 0. The van der Waals surface area contributed by atoms with E-state index in [2.05, 4.69) is 0 Å². The Balaban J connectivity index is -0.0000000150. The third kappa shape index (κ3) is 1930. The van der Waals surface area contributed by atoms with Crippen LogP contribution in [0.15, 0.2) is 0 Å². The van der Waals surface area contributed by atoms with E-state index in [1.807, 2.05) is 0 Å². The molecule has 0 radical (unpaired) electrons. The van der Waals surface area contributed by atoms with Crippen molar-refractivity contribution < 1.29 is 122 Å². The molecule has 0 aromatic rings. The predicted molar refractivity (Wildman–Crippen MR) is 33.1 cm³/mol. The van der Waals surface area contributed by atoms with E-state index in [-0.39, 0.29) is 145 Å². The van der Waals surface area contributed by atoms with Gasteiger partial charge in [-0.05, 0) is 24.6 Å². The second-order valence-electron chi connectivity index (χ2n) is 1.00. The quantitative estimate of drug-likeness (QED) is 0.293. The molecule has 0 aliphatic carbocycles. The zero-order valence-electron chi connectivity index (χ0n) is 9.89. The van der Waals surface area contributed by atoms with Crippen LogP contribution in [0.1, 0.15) is 0 Å². The summed E-state index contributed by atoms with van der Waals surface area (Å²) in [5.41, 5.74) is 0. The van der Waals surface area contributed by atoms with Crippen molar-refractivity contribution in [3.05, 3.63) is 0 Å². The van der Waals surface area contributed by atoms with Gasteiger partial charge in [0.2, 0.25) is 0 Å². The summed E-state index contributed by atoms with van der Waals surface area (Å²) in [6.45, 7) is 0. The van der Waals surface area contributed by atoms with Crippen molar-refractivity contribution in [2.75, 3.05) is 0 Å². The first-order chi connectivity index (χ1) is 6.93. The minimum Gasteiger partial charge on any atom is -0.652 e. The first-order valence-electron chi connectivity index (χ1n) is 2.45. The van der Waals surface area contributed by atoms with Gasteiger partial charge in [-0.15, -0.1) is 0 Å². The zero-order valence-corrected chi connectivity index (χ0v) is 20.4. The number of hydrogen-bond acceptors (Lipinski definition) is 12. The maximum absolute atomic E-state index is 8.33. The van der Waals surface area contributed by atoms with Crippen LogP contribution in [0.3, 0.4) is 0 Å². The van der Waals surface area contributed by atoms with Gasteiger partial charge < -0.3 is 60.0 Å². The van der Waals surface area contributed by atoms with Crippen molar-refractivity contribution in [1.29, 1.82) is 0 Å². The van der Waals surface area contributed by atoms with Gasteiger partial charge in [-0.25, -0.2) is 0 Å². The van der Waals surface area contributed by atoms with Gasteiger partial charge in [-0.2, -0.15) is 0 Å². The van der Waals surface area contributed by atoms with E-state index in [1.54, 1.807) is 0 Å². The van der Waals surface area contributed by atoms with Crippen LogP contribution < -0.4 is 70.4 Å². The fraction of sp³-hybridized carbons (Fsp3) is 0. The summed E-state index contributed by atoms with van der Waals surface area (Å²) in [6.07, 6.45) is -9.33. The third-order valence-electron chi connectivity index (χ3n) is 0. The Morgan fingerprint density at radius 3 is 0.500 bits per heavy atom. The summed E-state index contributed by atoms with van der Waals surface area (Å²) >= 11 is 0. The monoisotopic (exact) mass is 480 g/mol. The van der Waals surface area contributed by atoms with E-state index >= 15 is 0 Å².